The number of nitrogens with one attached hydrogen (secondary N) is 1. The summed E-state index contributed by atoms with van der Waals surface area (Å²) >= 11 is 0. The van der Waals surface area contributed by atoms with Crippen LogP contribution in [0.2, 0.25) is 0 Å². The maximum atomic E-state index is 12.8. The van der Waals surface area contributed by atoms with Crippen LogP contribution in [0.3, 0.4) is 0 Å². The third kappa shape index (κ3) is 6.97. The molecular formula is C21H19F3N4O4. The van der Waals surface area contributed by atoms with Crippen molar-refractivity contribution in [2.24, 2.45) is 5.73 Å². The molecule has 0 aliphatic carbocycles. The maximum absolute atomic E-state index is 12.8. The van der Waals surface area contributed by atoms with Crippen LogP contribution < -0.4 is 16.6 Å². The van der Waals surface area contributed by atoms with E-state index in [4.69, 9.17) is 15.6 Å². The summed E-state index contributed by atoms with van der Waals surface area (Å²) in [6, 6.07) is 19.0. The van der Waals surface area contributed by atoms with Crippen LogP contribution in [0.4, 0.5) is 19.0 Å². The largest absolute Gasteiger partial charge is 0.490 e. The Kier molecular flexibility index (Phi) is 8.11. The number of carboxylic acid groups (broad SMARTS) is 1. The molecule has 0 unspecified atom stereocenters. The number of alkyl halides is 3. The van der Waals surface area contributed by atoms with E-state index in [1.165, 1.54) is 4.57 Å². The highest BCUT2D eigenvalue weighted by Gasteiger charge is 2.38. The summed E-state index contributed by atoms with van der Waals surface area (Å²) in [4.78, 5) is 37.3. The lowest BCUT2D eigenvalue weighted by Crippen LogP contribution is -2.31. The molecule has 0 fully saturated rings. The summed E-state index contributed by atoms with van der Waals surface area (Å²) in [5, 5.41) is 10.1. The first-order valence-electron chi connectivity index (χ1n) is 9.11. The normalized spacial score (nSPS) is 10.6. The molecule has 3 aromatic rings. The van der Waals surface area contributed by atoms with E-state index in [9.17, 15) is 22.8 Å². The van der Waals surface area contributed by atoms with Crippen molar-refractivity contribution >= 4 is 17.7 Å². The fraction of sp³-hybridized carbons (Fsp3) is 0.143. The third-order valence-corrected chi connectivity index (χ3v) is 3.98. The minimum Gasteiger partial charge on any atom is -0.475 e. The first kappa shape index (κ1) is 24.1. The predicted octanol–water partition coefficient (Wildman–Crippen LogP) is 2.64. The zero-order valence-electron chi connectivity index (χ0n) is 16.5. The molecule has 0 spiro atoms. The Morgan fingerprint density at radius 2 is 1.56 bits per heavy atom. The SMILES string of the molecule is NC(=O)Cn1c(-c2ccccc2)cnc(NCc2ccccc2)c1=O.O=C(O)C(F)(F)F. The van der Waals surface area contributed by atoms with Gasteiger partial charge in [0.2, 0.25) is 5.91 Å². The number of nitrogens with two attached hydrogens (primary N) is 1. The van der Waals surface area contributed by atoms with Gasteiger partial charge in [0, 0.05) is 6.54 Å². The smallest absolute Gasteiger partial charge is 0.475 e. The molecule has 3 rings (SSSR count). The maximum Gasteiger partial charge on any atom is 0.490 e. The standard InChI is InChI=1S/C19H18N4O2.C2HF3O2/c20-17(24)13-23-16(15-9-5-2-6-10-15)12-22-18(19(23)25)21-11-14-7-3-1-4-8-14;3-2(4,5)1(6)7/h1-10,12H,11,13H2,(H2,20,24)(H,21,22);(H,6,7). The average molecular weight is 448 g/mol. The highest BCUT2D eigenvalue weighted by Crippen LogP contribution is 2.17. The lowest BCUT2D eigenvalue weighted by atomic mass is 10.1. The Morgan fingerprint density at radius 3 is 2.06 bits per heavy atom. The zero-order valence-corrected chi connectivity index (χ0v) is 16.5. The predicted molar refractivity (Wildman–Crippen MR) is 111 cm³/mol. The second-order valence-corrected chi connectivity index (χ2v) is 6.36. The lowest BCUT2D eigenvalue weighted by molar-refractivity contribution is -0.192. The Morgan fingerprint density at radius 1 is 1.03 bits per heavy atom. The van der Waals surface area contributed by atoms with Gasteiger partial charge in [0.1, 0.15) is 6.54 Å². The van der Waals surface area contributed by atoms with Crippen molar-refractivity contribution < 1.29 is 27.9 Å². The molecule has 0 bridgehead atoms. The number of benzene rings is 2. The van der Waals surface area contributed by atoms with Gasteiger partial charge in [-0.3, -0.25) is 14.2 Å². The summed E-state index contributed by atoms with van der Waals surface area (Å²) in [6.07, 6.45) is -3.51. The van der Waals surface area contributed by atoms with Crippen molar-refractivity contribution in [1.29, 1.82) is 0 Å². The number of halogens is 3. The molecule has 168 valence electrons. The number of primary amides is 1. The lowest BCUT2D eigenvalue weighted by Gasteiger charge is -2.13. The van der Waals surface area contributed by atoms with Gasteiger partial charge in [0.15, 0.2) is 5.82 Å². The van der Waals surface area contributed by atoms with Crippen LogP contribution in [0, 0.1) is 0 Å². The number of aliphatic carboxylic acids is 1. The van der Waals surface area contributed by atoms with Crippen molar-refractivity contribution in [3.05, 3.63) is 82.8 Å². The Labute approximate surface area is 180 Å². The molecule has 2 aromatic carbocycles. The molecule has 0 radical (unpaired) electrons. The van der Waals surface area contributed by atoms with Crippen molar-refractivity contribution in [3.8, 4) is 11.3 Å². The van der Waals surface area contributed by atoms with Crippen LogP contribution in [0.1, 0.15) is 5.56 Å². The second kappa shape index (κ2) is 10.8. The number of hydrogen-bond donors (Lipinski definition) is 3. The molecule has 4 N–H and O–H groups in total. The molecular weight excluding hydrogens is 429 g/mol. The minimum atomic E-state index is -5.08. The number of carboxylic acids is 1. The Hall–Kier alpha value is -4.15. The molecule has 0 aliphatic rings. The Balaban J connectivity index is 0.000000451. The van der Waals surface area contributed by atoms with Gasteiger partial charge in [0.25, 0.3) is 5.56 Å². The van der Waals surface area contributed by atoms with Gasteiger partial charge in [-0.2, -0.15) is 13.2 Å². The van der Waals surface area contributed by atoms with E-state index in [-0.39, 0.29) is 17.9 Å². The second-order valence-electron chi connectivity index (χ2n) is 6.36. The van der Waals surface area contributed by atoms with E-state index in [1.807, 2.05) is 60.7 Å². The average Bonchev–Trinajstić information content (AvgIpc) is 2.75. The molecule has 11 heteroatoms. The van der Waals surface area contributed by atoms with Gasteiger partial charge in [-0.1, -0.05) is 60.7 Å². The van der Waals surface area contributed by atoms with E-state index in [1.54, 1.807) is 6.20 Å². The number of carbonyl (C=O) groups is 2. The van der Waals surface area contributed by atoms with Crippen molar-refractivity contribution in [1.82, 2.24) is 9.55 Å². The molecule has 0 atom stereocenters. The molecule has 0 saturated heterocycles. The van der Waals surface area contributed by atoms with Crippen LogP contribution in [0.15, 0.2) is 71.7 Å². The summed E-state index contributed by atoms with van der Waals surface area (Å²) in [5.41, 5.74) is 7.31. The van der Waals surface area contributed by atoms with Crippen LogP contribution in [-0.4, -0.2) is 32.7 Å². The molecule has 0 saturated carbocycles. The monoisotopic (exact) mass is 448 g/mol. The topological polar surface area (TPSA) is 127 Å². The highest BCUT2D eigenvalue weighted by molar-refractivity contribution is 5.75. The number of nitrogens with zero attached hydrogens (tertiary/aromatic N) is 2. The number of anilines is 1. The number of hydrogen-bond acceptors (Lipinski definition) is 5. The summed E-state index contributed by atoms with van der Waals surface area (Å²) < 4.78 is 33.1. The van der Waals surface area contributed by atoms with Crippen LogP contribution in [0.5, 0.6) is 0 Å². The van der Waals surface area contributed by atoms with Gasteiger partial charge < -0.3 is 16.2 Å². The van der Waals surface area contributed by atoms with E-state index < -0.39 is 18.1 Å². The summed E-state index contributed by atoms with van der Waals surface area (Å²) in [6.45, 7) is 0.260. The van der Waals surface area contributed by atoms with E-state index in [0.29, 0.717) is 12.2 Å². The molecule has 1 heterocycles. The fourth-order valence-electron chi connectivity index (χ4n) is 2.54. The zero-order chi connectivity index (χ0) is 23.7. The molecule has 32 heavy (non-hydrogen) atoms. The highest BCUT2D eigenvalue weighted by atomic mass is 19.4. The Bertz CT molecular complexity index is 1120. The van der Waals surface area contributed by atoms with Gasteiger partial charge in [-0.25, -0.2) is 9.78 Å². The first-order chi connectivity index (χ1) is 15.1. The minimum absolute atomic E-state index is 0.185. The van der Waals surface area contributed by atoms with Gasteiger partial charge >= 0.3 is 12.1 Å². The third-order valence-electron chi connectivity index (χ3n) is 3.98. The summed E-state index contributed by atoms with van der Waals surface area (Å²) in [5.74, 6) is -3.16. The van der Waals surface area contributed by atoms with E-state index in [2.05, 4.69) is 10.3 Å². The quantitative estimate of drug-likeness (QED) is 0.532. The fourth-order valence-corrected chi connectivity index (χ4v) is 2.54. The first-order valence-corrected chi connectivity index (χ1v) is 9.11. The van der Waals surface area contributed by atoms with E-state index >= 15 is 0 Å². The molecule has 1 amide bonds. The van der Waals surface area contributed by atoms with Crippen LogP contribution >= 0.6 is 0 Å². The number of carbonyl (C=O) groups excluding carboxylic acids is 1. The van der Waals surface area contributed by atoms with Crippen molar-refractivity contribution in [3.63, 3.8) is 0 Å². The van der Waals surface area contributed by atoms with Crippen molar-refractivity contribution in [2.75, 3.05) is 5.32 Å². The van der Waals surface area contributed by atoms with Crippen LogP contribution in [0.25, 0.3) is 11.3 Å². The molecule has 0 aliphatic heterocycles. The number of amides is 1. The van der Waals surface area contributed by atoms with Gasteiger partial charge in [0.05, 0.1) is 11.9 Å². The number of rotatable bonds is 6. The van der Waals surface area contributed by atoms with Gasteiger partial charge in [-0.15, -0.1) is 0 Å². The number of aromatic nitrogens is 2. The molecule has 1 aromatic heterocycles. The van der Waals surface area contributed by atoms with Crippen molar-refractivity contribution in [2.45, 2.75) is 19.3 Å². The van der Waals surface area contributed by atoms with Gasteiger partial charge in [-0.05, 0) is 11.1 Å². The summed E-state index contributed by atoms with van der Waals surface area (Å²) in [7, 11) is 0. The van der Waals surface area contributed by atoms with Crippen LogP contribution in [-0.2, 0) is 22.7 Å². The van der Waals surface area contributed by atoms with E-state index in [0.717, 1.165) is 11.1 Å². The molecule has 8 nitrogen and oxygen atoms in total.